The summed E-state index contributed by atoms with van der Waals surface area (Å²) in [6, 6.07) is -0.766. The number of aliphatic carboxylic acids is 1. The quantitative estimate of drug-likeness (QED) is 0.693. The standard InChI is InChI=1S/C14H24N2O3/c1-3-7(2)11(15)13(17)16-12-9-5-4-8(6-9)10(12)14(18)19/h7-12H,3-6,15H2,1-2H3,(H,16,17)(H,18,19)/t7-,8?,9?,10?,11-,12?/m0/s1. The van der Waals surface area contributed by atoms with E-state index in [1.165, 1.54) is 0 Å². The molecule has 6 atom stereocenters. The van der Waals surface area contributed by atoms with Crippen LogP contribution in [0.25, 0.3) is 0 Å². The van der Waals surface area contributed by atoms with Crippen LogP contribution in [0.2, 0.25) is 0 Å². The molecule has 2 aliphatic carbocycles. The Bertz CT molecular complexity index is 372. The first-order valence-electron chi connectivity index (χ1n) is 7.24. The third kappa shape index (κ3) is 2.61. The zero-order valence-corrected chi connectivity index (χ0v) is 11.6. The Balaban J connectivity index is 2.01. The van der Waals surface area contributed by atoms with E-state index in [2.05, 4.69) is 5.32 Å². The number of nitrogens with two attached hydrogens (primary N) is 1. The summed E-state index contributed by atoms with van der Waals surface area (Å²) in [5.74, 6) is -0.742. The largest absolute Gasteiger partial charge is 0.481 e. The minimum atomic E-state index is -0.783. The molecule has 0 aliphatic heterocycles. The molecule has 0 spiro atoms. The molecule has 0 saturated heterocycles. The van der Waals surface area contributed by atoms with Gasteiger partial charge in [-0.3, -0.25) is 9.59 Å². The van der Waals surface area contributed by atoms with Crippen molar-refractivity contribution in [2.75, 3.05) is 0 Å². The molecule has 2 rings (SSSR count). The predicted octanol–water partition coefficient (Wildman–Crippen LogP) is 0.975. The van der Waals surface area contributed by atoms with Gasteiger partial charge in [-0.05, 0) is 37.0 Å². The van der Waals surface area contributed by atoms with Gasteiger partial charge in [-0.2, -0.15) is 0 Å². The average molecular weight is 268 g/mol. The minimum Gasteiger partial charge on any atom is -0.481 e. The van der Waals surface area contributed by atoms with Crippen LogP contribution in [-0.2, 0) is 9.59 Å². The second kappa shape index (κ2) is 5.49. The fourth-order valence-electron chi connectivity index (χ4n) is 3.63. The van der Waals surface area contributed by atoms with Crippen molar-refractivity contribution in [2.24, 2.45) is 29.4 Å². The van der Waals surface area contributed by atoms with Crippen molar-refractivity contribution in [1.29, 1.82) is 0 Å². The highest BCUT2D eigenvalue weighted by Gasteiger charge is 2.51. The molecule has 2 bridgehead atoms. The summed E-state index contributed by atoms with van der Waals surface area (Å²) in [5, 5.41) is 12.2. The zero-order chi connectivity index (χ0) is 14.2. The first kappa shape index (κ1) is 14.3. The highest BCUT2D eigenvalue weighted by atomic mass is 16.4. The van der Waals surface area contributed by atoms with Gasteiger partial charge in [0.25, 0.3) is 0 Å². The molecule has 0 radical (unpaired) electrons. The van der Waals surface area contributed by atoms with E-state index < -0.39 is 17.9 Å². The van der Waals surface area contributed by atoms with Crippen LogP contribution < -0.4 is 11.1 Å². The van der Waals surface area contributed by atoms with Gasteiger partial charge in [-0.25, -0.2) is 0 Å². The Morgan fingerprint density at radius 3 is 2.58 bits per heavy atom. The summed E-state index contributed by atoms with van der Waals surface area (Å²) in [7, 11) is 0. The normalized spacial score (nSPS) is 35.9. The number of carbonyl (C=O) groups excluding carboxylic acids is 1. The molecule has 1 amide bonds. The number of carboxylic acids is 1. The molecule has 0 heterocycles. The summed E-state index contributed by atoms with van der Waals surface area (Å²) in [6.45, 7) is 3.94. The molecule has 2 saturated carbocycles. The molecule has 0 aromatic carbocycles. The Hall–Kier alpha value is -1.10. The smallest absolute Gasteiger partial charge is 0.308 e. The van der Waals surface area contributed by atoms with Gasteiger partial charge >= 0.3 is 5.97 Å². The van der Waals surface area contributed by atoms with Crippen LogP contribution >= 0.6 is 0 Å². The van der Waals surface area contributed by atoms with Crippen LogP contribution in [0.1, 0.15) is 39.5 Å². The molecule has 5 nitrogen and oxygen atoms in total. The van der Waals surface area contributed by atoms with Crippen molar-refractivity contribution in [2.45, 2.75) is 51.6 Å². The topological polar surface area (TPSA) is 92.4 Å². The van der Waals surface area contributed by atoms with Crippen LogP contribution in [0.3, 0.4) is 0 Å². The summed E-state index contributed by atoms with van der Waals surface area (Å²) < 4.78 is 0. The van der Waals surface area contributed by atoms with Crippen LogP contribution in [0.15, 0.2) is 0 Å². The van der Waals surface area contributed by atoms with Gasteiger partial charge < -0.3 is 16.2 Å². The van der Waals surface area contributed by atoms with Gasteiger partial charge in [0, 0.05) is 6.04 Å². The molecule has 4 unspecified atom stereocenters. The monoisotopic (exact) mass is 268 g/mol. The molecule has 19 heavy (non-hydrogen) atoms. The molecule has 0 aromatic rings. The van der Waals surface area contributed by atoms with Gasteiger partial charge in [0.1, 0.15) is 0 Å². The van der Waals surface area contributed by atoms with Crippen LogP contribution in [-0.4, -0.2) is 29.1 Å². The average Bonchev–Trinajstić information content (AvgIpc) is 2.97. The van der Waals surface area contributed by atoms with Crippen molar-refractivity contribution in [1.82, 2.24) is 5.32 Å². The van der Waals surface area contributed by atoms with Gasteiger partial charge in [0.05, 0.1) is 12.0 Å². The molecule has 5 heteroatoms. The molecular weight excluding hydrogens is 244 g/mol. The van der Waals surface area contributed by atoms with Gasteiger partial charge in [0.15, 0.2) is 0 Å². The molecule has 108 valence electrons. The van der Waals surface area contributed by atoms with Crippen molar-refractivity contribution < 1.29 is 14.7 Å². The Labute approximate surface area is 113 Å². The maximum Gasteiger partial charge on any atom is 0.308 e. The highest BCUT2D eigenvalue weighted by Crippen LogP contribution is 2.48. The number of rotatable bonds is 5. The number of hydrogen-bond acceptors (Lipinski definition) is 3. The molecule has 4 N–H and O–H groups in total. The number of carboxylic acid groups (broad SMARTS) is 1. The minimum absolute atomic E-state index is 0.113. The maximum absolute atomic E-state index is 12.1. The van der Waals surface area contributed by atoms with E-state index in [0.717, 1.165) is 25.7 Å². The SMILES string of the molecule is CC[C@H](C)[C@H](N)C(=O)NC1C2CCC(C2)C1C(=O)O. The first-order chi connectivity index (χ1) is 8.95. The number of fused-ring (bicyclic) bond motifs is 2. The number of hydrogen-bond donors (Lipinski definition) is 3. The lowest BCUT2D eigenvalue weighted by Gasteiger charge is -2.30. The van der Waals surface area contributed by atoms with Gasteiger partial charge in [-0.1, -0.05) is 20.3 Å². The maximum atomic E-state index is 12.1. The molecule has 0 aromatic heterocycles. The molecule has 2 aliphatic rings. The van der Waals surface area contributed by atoms with E-state index in [-0.39, 0.29) is 23.8 Å². The van der Waals surface area contributed by atoms with Crippen LogP contribution in [0, 0.1) is 23.7 Å². The van der Waals surface area contributed by atoms with Gasteiger partial charge in [0.2, 0.25) is 5.91 Å². The summed E-state index contributed by atoms with van der Waals surface area (Å²) in [5.41, 5.74) is 5.91. The lowest BCUT2D eigenvalue weighted by atomic mass is 9.84. The third-order valence-electron chi connectivity index (χ3n) is 5.07. The summed E-state index contributed by atoms with van der Waals surface area (Å²) >= 11 is 0. The predicted molar refractivity (Wildman–Crippen MR) is 71.3 cm³/mol. The number of carbonyl (C=O) groups is 2. The van der Waals surface area contributed by atoms with E-state index in [4.69, 9.17) is 5.73 Å². The van der Waals surface area contributed by atoms with Crippen molar-refractivity contribution in [3.8, 4) is 0 Å². The Morgan fingerprint density at radius 2 is 2.00 bits per heavy atom. The Kier molecular flexibility index (Phi) is 4.13. The summed E-state index contributed by atoms with van der Waals surface area (Å²) in [4.78, 5) is 23.5. The highest BCUT2D eigenvalue weighted by molar-refractivity contribution is 5.83. The van der Waals surface area contributed by atoms with Crippen LogP contribution in [0.5, 0.6) is 0 Å². The van der Waals surface area contributed by atoms with E-state index >= 15 is 0 Å². The number of nitrogens with one attached hydrogen (secondary N) is 1. The molecule has 2 fully saturated rings. The third-order valence-corrected chi connectivity index (χ3v) is 5.07. The van der Waals surface area contributed by atoms with E-state index in [0.29, 0.717) is 5.92 Å². The first-order valence-corrected chi connectivity index (χ1v) is 7.24. The van der Waals surface area contributed by atoms with Crippen molar-refractivity contribution in [3.05, 3.63) is 0 Å². The second-order valence-corrected chi connectivity index (χ2v) is 6.14. The van der Waals surface area contributed by atoms with Gasteiger partial charge in [-0.15, -0.1) is 0 Å². The van der Waals surface area contributed by atoms with Crippen molar-refractivity contribution >= 4 is 11.9 Å². The van der Waals surface area contributed by atoms with E-state index in [1.54, 1.807) is 0 Å². The van der Waals surface area contributed by atoms with Crippen molar-refractivity contribution in [3.63, 3.8) is 0 Å². The zero-order valence-electron chi connectivity index (χ0n) is 11.6. The van der Waals surface area contributed by atoms with E-state index in [1.807, 2.05) is 13.8 Å². The fraction of sp³-hybridized carbons (Fsp3) is 0.857. The molecular formula is C14H24N2O3. The van der Waals surface area contributed by atoms with E-state index in [9.17, 15) is 14.7 Å². The summed E-state index contributed by atoms with van der Waals surface area (Å²) in [6.07, 6.45) is 3.78. The fourth-order valence-corrected chi connectivity index (χ4v) is 3.63. The lowest BCUT2D eigenvalue weighted by molar-refractivity contribution is -0.144. The second-order valence-electron chi connectivity index (χ2n) is 6.14. The van der Waals surface area contributed by atoms with Crippen LogP contribution in [0.4, 0.5) is 0 Å². The number of amides is 1. The Morgan fingerprint density at radius 1 is 1.37 bits per heavy atom. The lowest BCUT2D eigenvalue weighted by Crippen LogP contribution is -2.53.